The van der Waals surface area contributed by atoms with Crippen LogP contribution >= 0.6 is 0 Å². The van der Waals surface area contributed by atoms with E-state index in [1.807, 2.05) is 0 Å². The van der Waals surface area contributed by atoms with Crippen LogP contribution in [0.5, 0.6) is 0 Å². The lowest BCUT2D eigenvalue weighted by Crippen LogP contribution is -2.00. The highest BCUT2D eigenvalue weighted by atomic mass is 19.3. The van der Waals surface area contributed by atoms with Crippen LogP contribution in [0.2, 0.25) is 0 Å². The molecule has 3 rings (SSSR count). The standard InChI is InChI=1S/C17H11F3N4/c18-11-3-1-10(2-4-11)16-14(9-21)15(17(19)20)23-24(16)13-7-5-12(22)6-8-13/h1-8,17H,22H2. The van der Waals surface area contributed by atoms with Gasteiger partial charge in [0.15, 0.2) is 0 Å². The molecule has 0 fully saturated rings. The van der Waals surface area contributed by atoms with Gasteiger partial charge in [-0.25, -0.2) is 17.9 Å². The molecular formula is C17H11F3N4. The van der Waals surface area contributed by atoms with Crippen LogP contribution in [-0.2, 0) is 0 Å². The predicted octanol–water partition coefficient (Wildman–Crippen LogP) is 4.07. The second-order valence-corrected chi connectivity index (χ2v) is 5.03. The molecule has 0 atom stereocenters. The lowest BCUT2D eigenvalue weighted by atomic mass is 10.1. The number of hydrogen-bond donors (Lipinski definition) is 1. The van der Waals surface area contributed by atoms with Gasteiger partial charge in [-0.3, -0.25) is 0 Å². The SMILES string of the molecule is N#Cc1c(C(F)F)nn(-c2ccc(N)cc2)c1-c1ccc(F)cc1. The number of nitrogens with zero attached hydrogens (tertiary/aromatic N) is 3. The molecule has 0 unspecified atom stereocenters. The average molecular weight is 328 g/mol. The third-order valence-corrected chi connectivity index (χ3v) is 3.49. The van der Waals surface area contributed by atoms with E-state index in [1.165, 1.54) is 28.9 Å². The molecule has 0 saturated heterocycles. The number of halogens is 3. The number of nitriles is 1. The highest BCUT2D eigenvalue weighted by Crippen LogP contribution is 2.33. The lowest BCUT2D eigenvalue weighted by molar-refractivity contribution is 0.145. The van der Waals surface area contributed by atoms with Gasteiger partial charge in [0.2, 0.25) is 0 Å². The first-order valence-electron chi connectivity index (χ1n) is 6.94. The minimum absolute atomic E-state index is 0.178. The van der Waals surface area contributed by atoms with Crippen molar-refractivity contribution in [3.63, 3.8) is 0 Å². The topological polar surface area (TPSA) is 67.6 Å². The van der Waals surface area contributed by atoms with E-state index in [0.717, 1.165) is 0 Å². The lowest BCUT2D eigenvalue weighted by Gasteiger charge is -2.08. The first kappa shape index (κ1) is 15.6. The van der Waals surface area contributed by atoms with E-state index in [-0.39, 0.29) is 11.3 Å². The van der Waals surface area contributed by atoms with Crippen LogP contribution in [0.1, 0.15) is 17.7 Å². The Hall–Kier alpha value is -3.27. The molecule has 0 aliphatic carbocycles. The fourth-order valence-corrected chi connectivity index (χ4v) is 2.37. The molecule has 1 aromatic heterocycles. The Kier molecular flexibility index (Phi) is 3.96. The van der Waals surface area contributed by atoms with E-state index in [1.54, 1.807) is 30.3 Å². The van der Waals surface area contributed by atoms with Crippen molar-refractivity contribution in [2.45, 2.75) is 6.43 Å². The van der Waals surface area contributed by atoms with E-state index in [2.05, 4.69) is 5.10 Å². The van der Waals surface area contributed by atoms with Crippen molar-refractivity contribution in [2.24, 2.45) is 0 Å². The first-order valence-corrected chi connectivity index (χ1v) is 6.94. The summed E-state index contributed by atoms with van der Waals surface area (Å²) in [5.74, 6) is -0.468. The maximum absolute atomic E-state index is 13.3. The number of aromatic nitrogens is 2. The van der Waals surface area contributed by atoms with E-state index in [4.69, 9.17) is 5.73 Å². The van der Waals surface area contributed by atoms with Gasteiger partial charge in [0.05, 0.1) is 11.4 Å². The summed E-state index contributed by atoms with van der Waals surface area (Å²) in [6, 6.07) is 13.4. The van der Waals surface area contributed by atoms with Gasteiger partial charge in [-0.2, -0.15) is 10.4 Å². The number of benzene rings is 2. The molecule has 1 heterocycles. The number of nitrogens with two attached hydrogens (primary N) is 1. The Bertz CT molecular complexity index is 907. The maximum Gasteiger partial charge on any atom is 0.283 e. The molecule has 0 bridgehead atoms. The summed E-state index contributed by atoms with van der Waals surface area (Å²) in [5.41, 5.74) is 6.33. The van der Waals surface area contributed by atoms with Gasteiger partial charge in [-0.1, -0.05) is 0 Å². The molecule has 120 valence electrons. The summed E-state index contributed by atoms with van der Waals surface area (Å²) in [5, 5.41) is 13.2. The monoisotopic (exact) mass is 328 g/mol. The van der Waals surface area contributed by atoms with Crippen molar-refractivity contribution in [2.75, 3.05) is 5.73 Å². The summed E-state index contributed by atoms with van der Waals surface area (Å²) in [6.07, 6.45) is -2.91. The van der Waals surface area contributed by atoms with E-state index in [9.17, 15) is 18.4 Å². The minimum atomic E-state index is -2.91. The molecule has 2 N–H and O–H groups in total. The zero-order valence-electron chi connectivity index (χ0n) is 12.2. The summed E-state index contributed by atoms with van der Waals surface area (Å²) >= 11 is 0. The van der Waals surface area contributed by atoms with Crippen molar-refractivity contribution >= 4 is 5.69 Å². The third kappa shape index (κ3) is 2.70. The van der Waals surface area contributed by atoms with Crippen LogP contribution in [-0.4, -0.2) is 9.78 Å². The van der Waals surface area contributed by atoms with Crippen LogP contribution in [0, 0.1) is 17.1 Å². The average Bonchev–Trinajstić information content (AvgIpc) is 2.96. The van der Waals surface area contributed by atoms with Crippen molar-refractivity contribution < 1.29 is 13.2 Å². The van der Waals surface area contributed by atoms with Gasteiger partial charge in [-0.15, -0.1) is 0 Å². The Morgan fingerprint density at radius 3 is 2.21 bits per heavy atom. The van der Waals surface area contributed by atoms with E-state index >= 15 is 0 Å². The fourth-order valence-electron chi connectivity index (χ4n) is 2.37. The van der Waals surface area contributed by atoms with Crippen molar-refractivity contribution in [3.8, 4) is 23.0 Å². The number of anilines is 1. The largest absolute Gasteiger partial charge is 0.399 e. The summed E-state index contributed by atoms with van der Waals surface area (Å²) in [4.78, 5) is 0. The van der Waals surface area contributed by atoms with Crippen molar-refractivity contribution in [1.29, 1.82) is 5.26 Å². The molecule has 0 saturated carbocycles. The van der Waals surface area contributed by atoms with E-state index < -0.39 is 17.9 Å². The second kappa shape index (κ2) is 6.08. The number of rotatable bonds is 3. The molecule has 0 spiro atoms. The van der Waals surface area contributed by atoms with Crippen molar-refractivity contribution in [3.05, 3.63) is 65.6 Å². The Balaban J connectivity index is 2.30. The third-order valence-electron chi connectivity index (χ3n) is 3.49. The molecule has 4 nitrogen and oxygen atoms in total. The molecule has 0 aliphatic rings. The molecule has 0 amide bonds. The smallest absolute Gasteiger partial charge is 0.283 e. The zero-order valence-corrected chi connectivity index (χ0v) is 12.2. The molecular weight excluding hydrogens is 317 g/mol. The molecule has 7 heteroatoms. The van der Waals surface area contributed by atoms with Crippen LogP contribution in [0.15, 0.2) is 48.5 Å². The first-order chi connectivity index (χ1) is 11.5. The molecule has 24 heavy (non-hydrogen) atoms. The van der Waals surface area contributed by atoms with Gasteiger partial charge < -0.3 is 5.73 Å². The van der Waals surface area contributed by atoms with Crippen molar-refractivity contribution in [1.82, 2.24) is 9.78 Å². The minimum Gasteiger partial charge on any atom is -0.399 e. The van der Waals surface area contributed by atoms with Crippen LogP contribution in [0.25, 0.3) is 16.9 Å². The van der Waals surface area contributed by atoms with Crippen LogP contribution in [0.3, 0.4) is 0 Å². The quantitative estimate of drug-likeness (QED) is 0.737. The number of alkyl halides is 2. The fraction of sp³-hybridized carbons (Fsp3) is 0.0588. The Morgan fingerprint density at radius 2 is 1.67 bits per heavy atom. The summed E-state index contributed by atoms with van der Waals surface area (Å²) in [6.45, 7) is 0. The maximum atomic E-state index is 13.3. The van der Waals surface area contributed by atoms with E-state index in [0.29, 0.717) is 16.9 Å². The second-order valence-electron chi connectivity index (χ2n) is 5.03. The van der Waals surface area contributed by atoms with Gasteiger partial charge in [-0.05, 0) is 48.5 Å². The van der Waals surface area contributed by atoms with Gasteiger partial charge >= 0.3 is 0 Å². The van der Waals surface area contributed by atoms with Gasteiger partial charge in [0.25, 0.3) is 6.43 Å². The Morgan fingerprint density at radius 1 is 1.04 bits per heavy atom. The molecule has 3 aromatic rings. The summed E-state index contributed by atoms with van der Waals surface area (Å²) in [7, 11) is 0. The van der Waals surface area contributed by atoms with Gasteiger partial charge in [0, 0.05) is 11.3 Å². The number of hydrogen-bond acceptors (Lipinski definition) is 3. The van der Waals surface area contributed by atoms with Crippen LogP contribution in [0.4, 0.5) is 18.9 Å². The van der Waals surface area contributed by atoms with Gasteiger partial charge in [0.1, 0.15) is 23.1 Å². The van der Waals surface area contributed by atoms with Crippen LogP contribution < -0.4 is 5.73 Å². The highest BCUT2D eigenvalue weighted by molar-refractivity contribution is 5.70. The highest BCUT2D eigenvalue weighted by Gasteiger charge is 2.25. The molecule has 0 aliphatic heterocycles. The molecule has 0 radical (unpaired) electrons. The summed E-state index contributed by atoms with van der Waals surface area (Å²) < 4.78 is 40.9. The normalized spacial score (nSPS) is 10.8. The zero-order chi connectivity index (χ0) is 17.3. The Labute approximate surface area is 135 Å². The molecule has 2 aromatic carbocycles. The number of nitrogen functional groups attached to an aromatic ring is 1. The predicted molar refractivity (Wildman–Crippen MR) is 83.0 cm³/mol.